The second kappa shape index (κ2) is 6.41. The lowest BCUT2D eigenvalue weighted by Gasteiger charge is -2.47. The van der Waals surface area contributed by atoms with E-state index in [1.165, 1.54) is 31.5 Å². The Kier molecular flexibility index (Phi) is 4.52. The number of carbonyl (C=O) groups excluding carboxylic acids is 1. The first-order chi connectivity index (χ1) is 10.6. The Morgan fingerprint density at radius 2 is 2.05 bits per heavy atom. The van der Waals surface area contributed by atoms with Crippen LogP contribution < -0.4 is 0 Å². The summed E-state index contributed by atoms with van der Waals surface area (Å²) in [5, 5.41) is 4.23. The summed E-state index contributed by atoms with van der Waals surface area (Å²) >= 11 is 0. The molecule has 2 fully saturated rings. The van der Waals surface area contributed by atoms with Crippen molar-refractivity contribution >= 4 is 5.91 Å². The fraction of sp³-hybridized carbons (Fsp3) is 0.765. The van der Waals surface area contributed by atoms with E-state index in [2.05, 4.69) is 28.0 Å². The number of hydrogen-bond acceptors (Lipinski definition) is 3. The first kappa shape index (κ1) is 15.5. The number of hydrogen-bond donors (Lipinski definition) is 0. The maximum absolute atomic E-state index is 11.9. The van der Waals surface area contributed by atoms with Crippen LogP contribution >= 0.6 is 0 Å². The standard InChI is InChI=1S/C17H28N4O/c1-3-21-14-17(6-4-16(21)22)7-10-20(11-8-17)9-5-15-12-18-19(2)13-15/h12-13H,3-11,14H2,1-2H3. The molecule has 5 heteroatoms. The summed E-state index contributed by atoms with van der Waals surface area (Å²) in [6.07, 6.45) is 9.49. The molecule has 122 valence electrons. The molecule has 0 saturated carbocycles. The zero-order chi connectivity index (χ0) is 15.6. The van der Waals surface area contributed by atoms with Gasteiger partial charge in [-0.2, -0.15) is 5.10 Å². The van der Waals surface area contributed by atoms with Crippen molar-refractivity contribution in [2.45, 2.75) is 39.0 Å². The van der Waals surface area contributed by atoms with Gasteiger partial charge in [-0.05, 0) is 56.7 Å². The van der Waals surface area contributed by atoms with E-state index in [1.807, 2.05) is 17.9 Å². The van der Waals surface area contributed by atoms with Gasteiger partial charge in [-0.25, -0.2) is 0 Å². The van der Waals surface area contributed by atoms with E-state index in [0.29, 0.717) is 11.3 Å². The fourth-order valence-electron chi connectivity index (χ4n) is 3.94. The summed E-state index contributed by atoms with van der Waals surface area (Å²) in [5.74, 6) is 0.354. The van der Waals surface area contributed by atoms with Crippen LogP contribution in [0.5, 0.6) is 0 Å². The van der Waals surface area contributed by atoms with Gasteiger partial charge in [0.15, 0.2) is 0 Å². The SMILES string of the molecule is CCN1CC2(CCC1=O)CCN(CCc1cnn(C)c1)CC2. The Bertz CT molecular complexity index is 516. The van der Waals surface area contributed by atoms with E-state index in [1.54, 1.807) is 0 Å². The molecule has 2 aliphatic heterocycles. The van der Waals surface area contributed by atoms with Crippen LogP contribution in [-0.2, 0) is 18.3 Å². The van der Waals surface area contributed by atoms with E-state index in [0.717, 1.165) is 38.9 Å². The van der Waals surface area contributed by atoms with Crippen molar-refractivity contribution in [3.05, 3.63) is 18.0 Å². The van der Waals surface area contributed by atoms with Crippen LogP contribution in [0.3, 0.4) is 0 Å². The zero-order valence-corrected chi connectivity index (χ0v) is 13.9. The van der Waals surface area contributed by atoms with Gasteiger partial charge in [0.1, 0.15) is 0 Å². The molecule has 1 aromatic rings. The molecule has 0 aliphatic carbocycles. The molecule has 0 N–H and O–H groups in total. The third-order valence-corrected chi connectivity index (χ3v) is 5.52. The maximum atomic E-state index is 11.9. The molecule has 1 amide bonds. The number of rotatable bonds is 4. The van der Waals surface area contributed by atoms with Crippen molar-refractivity contribution in [3.8, 4) is 0 Å². The number of amides is 1. The molecule has 0 bridgehead atoms. The minimum atomic E-state index is 0.354. The summed E-state index contributed by atoms with van der Waals surface area (Å²) in [7, 11) is 1.97. The monoisotopic (exact) mass is 304 g/mol. The third kappa shape index (κ3) is 3.35. The number of carbonyl (C=O) groups is 1. The lowest BCUT2D eigenvalue weighted by molar-refractivity contribution is -0.138. The average Bonchev–Trinajstić information content (AvgIpc) is 2.95. The zero-order valence-electron chi connectivity index (χ0n) is 13.9. The van der Waals surface area contributed by atoms with Crippen LogP contribution in [-0.4, -0.2) is 58.2 Å². The van der Waals surface area contributed by atoms with Crippen LogP contribution in [0.4, 0.5) is 0 Å². The van der Waals surface area contributed by atoms with Crippen molar-refractivity contribution in [2.75, 3.05) is 32.7 Å². The Balaban J connectivity index is 1.48. The number of nitrogens with zero attached hydrogens (tertiary/aromatic N) is 4. The van der Waals surface area contributed by atoms with Crippen LogP contribution in [0, 0.1) is 5.41 Å². The van der Waals surface area contributed by atoms with Crippen molar-refractivity contribution < 1.29 is 4.79 Å². The summed E-state index contributed by atoms with van der Waals surface area (Å²) < 4.78 is 1.87. The molecule has 22 heavy (non-hydrogen) atoms. The molecular weight excluding hydrogens is 276 g/mol. The third-order valence-electron chi connectivity index (χ3n) is 5.52. The molecule has 2 aliphatic rings. The molecule has 0 unspecified atom stereocenters. The van der Waals surface area contributed by atoms with Crippen molar-refractivity contribution in [3.63, 3.8) is 0 Å². The van der Waals surface area contributed by atoms with Gasteiger partial charge in [0.05, 0.1) is 6.20 Å². The molecule has 1 aromatic heterocycles. The minimum Gasteiger partial charge on any atom is -0.342 e. The number of likely N-dealkylation sites (tertiary alicyclic amines) is 2. The van der Waals surface area contributed by atoms with Crippen molar-refractivity contribution in [1.29, 1.82) is 0 Å². The lowest BCUT2D eigenvalue weighted by Crippen LogP contribution is -2.51. The molecule has 0 aromatic carbocycles. The van der Waals surface area contributed by atoms with Gasteiger partial charge in [-0.3, -0.25) is 9.48 Å². The quantitative estimate of drug-likeness (QED) is 0.850. The maximum Gasteiger partial charge on any atom is 0.222 e. The Morgan fingerprint density at radius 3 is 2.68 bits per heavy atom. The van der Waals surface area contributed by atoms with Crippen LogP contribution in [0.25, 0.3) is 0 Å². The van der Waals surface area contributed by atoms with Crippen LogP contribution in [0.15, 0.2) is 12.4 Å². The minimum absolute atomic E-state index is 0.354. The number of aryl methyl sites for hydroxylation is 1. The highest BCUT2D eigenvalue weighted by atomic mass is 16.2. The van der Waals surface area contributed by atoms with Crippen LogP contribution in [0.2, 0.25) is 0 Å². The summed E-state index contributed by atoms with van der Waals surface area (Å²) in [5.41, 5.74) is 1.72. The largest absolute Gasteiger partial charge is 0.342 e. The van der Waals surface area contributed by atoms with E-state index in [9.17, 15) is 4.79 Å². The second-order valence-electron chi connectivity index (χ2n) is 7.02. The summed E-state index contributed by atoms with van der Waals surface area (Å²) in [6.45, 7) is 7.42. The van der Waals surface area contributed by atoms with E-state index in [-0.39, 0.29) is 0 Å². The summed E-state index contributed by atoms with van der Waals surface area (Å²) in [4.78, 5) is 16.5. The van der Waals surface area contributed by atoms with Gasteiger partial charge in [0.2, 0.25) is 5.91 Å². The van der Waals surface area contributed by atoms with E-state index >= 15 is 0 Å². The van der Waals surface area contributed by atoms with Crippen molar-refractivity contribution in [2.24, 2.45) is 12.5 Å². The van der Waals surface area contributed by atoms with Gasteiger partial charge < -0.3 is 9.80 Å². The predicted octanol–water partition coefficient (Wildman–Crippen LogP) is 1.69. The van der Waals surface area contributed by atoms with Gasteiger partial charge in [-0.1, -0.05) is 0 Å². The summed E-state index contributed by atoms with van der Waals surface area (Å²) in [6, 6.07) is 0. The molecule has 1 spiro atoms. The topological polar surface area (TPSA) is 41.4 Å². The smallest absolute Gasteiger partial charge is 0.222 e. The van der Waals surface area contributed by atoms with Crippen molar-refractivity contribution in [1.82, 2.24) is 19.6 Å². The highest BCUT2D eigenvalue weighted by Gasteiger charge is 2.40. The first-order valence-electron chi connectivity index (χ1n) is 8.58. The fourth-order valence-corrected chi connectivity index (χ4v) is 3.94. The Labute approximate surface area is 133 Å². The first-order valence-corrected chi connectivity index (χ1v) is 8.58. The van der Waals surface area contributed by atoms with Crippen LogP contribution in [0.1, 0.15) is 38.2 Å². The molecule has 0 radical (unpaired) electrons. The highest BCUT2D eigenvalue weighted by molar-refractivity contribution is 5.77. The van der Waals surface area contributed by atoms with Gasteiger partial charge in [0, 0.05) is 39.3 Å². The number of aromatic nitrogens is 2. The lowest BCUT2D eigenvalue weighted by atomic mass is 9.72. The van der Waals surface area contributed by atoms with Gasteiger partial charge >= 0.3 is 0 Å². The molecule has 2 saturated heterocycles. The Hall–Kier alpha value is -1.36. The molecular formula is C17H28N4O. The van der Waals surface area contributed by atoms with E-state index in [4.69, 9.17) is 0 Å². The second-order valence-corrected chi connectivity index (χ2v) is 7.02. The normalized spacial score (nSPS) is 22.5. The highest BCUT2D eigenvalue weighted by Crippen LogP contribution is 2.40. The van der Waals surface area contributed by atoms with Gasteiger partial charge in [0.25, 0.3) is 0 Å². The van der Waals surface area contributed by atoms with Gasteiger partial charge in [-0.15, -0.1) is 0 Å². The molecule has 5 nitrogen and oxygen atoms in total. The Morgan fingerprint density at radius 1 is 1.27 bits per heavy atom. The average molecular weight is 304 g/mol. The molecule has 0 atom stereocenters. The van der Waals surface area contributed by atoms with E-state index < -0.39 is 0 Å². The molecule has 3 rings (SSSR count). The predicted molar refractivity (Wildman–Crippen MR) is 86.5 cm³/mol. The molecule has 3 heterocycles. The number of piperidine rings is 2.